The Balaban J connectivity index is 1.62. The Hall–Kier alpha value is -1.58. The van der Waals surface area contributed by atoms with Gasteiger partial charge in [-0.3, -0.25) is 4.79 Å². The molecule has 0 saturated heterocycles. The summed E-state index contributed by atoms with van der Waals surface area (Å²) in [5, 5.41) is 2.93. The number of aromatic amines is 1. The van der Waals surface area contributed by atoms with Crippen molar-refractivity contribution < 1.29 is 4.79 Å². The number of H-pyrrole nitrogens is 1. The van der Waals surface area contributed by atoms with Crippen LogP contribution < -0.4 is 5.32 Å². The van der Waals surface area contributed by atoms with Gasteiger partial charge in [0.05, 0.1) is 6.33 Å². The standard InChI is InChI=1S/C12H17N3O/c16-12(7-10-3-1-2-4-10)14-6-5-11-8-13-9-15-11/h1,3,8-10H,2,4-7H2,(H,13,15)(H,14,16). The fourth-order valence-electron chi connectivity index (χ4n) is 1.93. The van der Waals surface area contributed by atoms with Crippen LogP contribution in [0.1, 0.15) is 25.0 Å². The molecule has 1 aliphatic rings. The van der Waals surface area contributed by atoms with Crippen molar-refractivity contribution in [1.29, 1.82) is 0 Å². The molecule has 0 aromatic carbocycles. The summed E-state index contributed by atoms with van der Waals surface area (Å²) in [7, 11) is 0. The molecular weight excluding hydrogens is 202 g/mol. The molecule has 0 fully saturated rings. The van der Waals surface area contributed by atoms with Crippen LogP contribution in [0.15, 0.2) is 24.7 Å². The van der Waals surface area contributed by atoms with E-state index in [1.807, 2.05) is 0 Å². The van der Waals surface area contributed by atoms with Gasteiger partial charge in [-0.25, -0.2) is 4.98 Å². The van der Waals surface area contributed by atoms with Crippen molar-refractivity contribution in [3.8, 4) is 0 Å². The second kappa shape index (κ2) is 5.49. The van der Waals surface area contributed by atoms with E-state index in [0.717, 1.165) is 25.0 Å². The number of rotatable bonds is 5. The first-order chi connectivity index (χ1) is 7.84. The molecule has 4 heteroatoms. The van der Waals surface area contributed by atoms with E-state index in [1.165, 1.54) is 0 Å². The highest BCUT2D eigenvalue weighted by molar-refractivity contribution is 5.76. The molecule has 2 rings (SSSR count). The highest BCUT2D eigenvalue weighted by atomic mass is 16.1. The number of allylic oxidation sites excluding steroid dienone is 2. The molecule has 1 unspecified atom stereocenters. The number of nitrogens with one attached hydrogen (secondary N) is 2. The molecule has 1 heterocycles. The van der Waals surface area contributed by atoms with Crippen molar-refractivity contribution >= 4 is 5.91 Å². The molecule has 1 aromatic rings. The van der Waals surface area contributed by atoms with Gasteiger partial charge in [-0.2, -0.15) is 0 Å². The van der Waals surface area contributed by atoms with E-state index in [9.17, 15) is 4.79 Å². The second-order valence-electron chi connectivity index (χ2n) is 4.15. The number of aromatic nitrogens is 2. The summed E-state index contributed by atoms with van der Waals surface area (Å²) >= 11 is 0. The maximum absolute atomic E-state index is 11.6. The zero-order chi connectivity index (χ0) is 11.2. The van der Waals surface area contributed by atoms with Crippen LogP contribution in [-0.2, 0) is 11.2 Å². The van der Waals surface area contributed by atoms with Gasteiger partial charge >= 0.3 is 0 Å². The zero-order valence-corrected chi connectivity index (χ0v) is 9.28. The number of nitrogens with zero attached hydrogens (tertiary/aromatic N) is 1. The van der Waals surface area contributed by atoms with Gasteiger partial charge in [0.2, 0.25) is 5.91 Å². The molecule has 1 amide bonds. The largest absolute Gasteiger partial charge is 0.356 e. The lowest BCUT2D eigenvalue weighted by Gasteiger charge is -2.07. The summed E-state index contributed by atoms with van der Waals surface area (Å²) in [5.41, 5.74) is 1.06. The molecule has 1 aliphatic carbocycles. The Labute approximate surface area is 95.2 Å². The summed E-state index contributed by atoms with van der Waals surface area (Å²) in [6.45, 7) is 0.678. The second-order valence-corrected chi connectivity index (χ2v) is 4.15. The number of carbonyl (C=O) groups is 1. The monoisotopic (exact) mass is 219 g/mol. The Morgan fingerprint density at radius 1 is 1.62 bits per heavy atom. The molecule has 0 radical (unpaired) electrons. The van der Waals surface area contributed by atoms with Crippen LogP contribution in [0.4, 0.5) is 0 Å². The number of amides is 1. The number of carbonyl (C=O) groups excluding carboxylic acids is 1. The Morgan fingerprint density at radius 3 is 3.25 bits per heavy atom. The smallest absolute Gasteiger partial charge is 0.220 e. The van der Waals surface area contributed by atoms with E-state index in [-0.39, 0.29) is 5.91 Å². The van der Waals surface area contributed by atoms with Gasteiger partial charge in [0.25, 0.3) is 0 Å². The molecule has 1 atom stereocenters. The average molecular weight is 219 g/mol. The van der Waals surface area contributed by atoms with Gasteiger partial charge in [0.1, 0.15) is 0 Å². The normalized spacial score (nSPS) is 18.9. The van der Waals surface area contributed by atoms with Crippen LogP contribution >= 0.6 is 0 Å². The molecule has 0 aliphatic heterocycles. The maximum Gasteiger partial charge on any atom is 0.220 e. The summed E-state index contributed by atoms with van der Waals surface area (Å²) < 4.78 is 0. The van der Waals surface area contributed by atoms with Crippen LogP contribution in [-0.4, -0.2) is 22.4 Å². The van der Waals surface area contributed by atoms with E-state index in [4.69, 9.17) is 0 Å². The molecule has 0 saturated carbocycles. The Morgan fingerprint density at radius 2 is 2.56 bits per heavy atom. The lowest BCUT2D eigenvalue weighted by Crippen LogP contribution is -2.27. The van der Waals surface area contributed by atoms with E-state index in [0.29, 0.717) is 18.9 Å². The fourth-order valence-corrected chi connectivity index (χ4v) is 1.93. The lowest BCUT2D eigenvalue weighted by atomic mass is 10.1. The van der Waals surface area contributed by atoms with Crippen LogP contribution in [0, 0.1) is 5.92 Å². The molecular formula is C12H17N3O. The minimum Gasteiger partial charge on any atom is -0.356 e. The first-order valence-corrected chi connectivity index (χ1v) is 5.75. The van der Waals surface area contributed by atoms with Crippen molar-refractivity contribution in [2.45, 2.75) is 25.7 Å². The highest BCUT2D eigenvalue weighted by Crippen LogP contribution is 2.19. The third-order valence-corrected chi connectivity index (χ3v) is 2.83. The van der Waals surface area contributed by atoms with Gasteiger partial charge in [-0.15, -0.1) is 0 Å². The van der Waals surface area contributed by atoms with Crippen molar-refractivity contribution in [3.05, 3.63) is 30.4 Å². The van der Waals surface area contributed by atoms with E-state index in [2.05, 4.69) is 27.4 Å². The SMILES string of the molecule is O=C(CC1C=CCC1)NCCc1cnc[nH]1. The maximum atomic E-state index is 11.6. The first-order valence-electron chi connectivity index (χ1n) is 5.75. The first kappa shape index (κ1) is 10.9. The lowest BCUT2D eigenvalue weighted by molar-refractivity contribution is -0.121. The van der Waals surface area contributed by atoms with Crippen molar-refractivity contribution in [1.82, 2.24) is 15.3 Å². The van der Waals surface area contributed by atoms with Crippen LogP contribution in [0.3, 0.4) is 0 Å². The third kappa shape index (κ3) is 3.22. The fraction of sp³-hybridized carbons (Fsp3) is 0.500. The predicted molar refractivity (Wildman–Crippen MR) is 61.8 cm³/mol. The summed E-state index contributed by atoms with van der Waals surface area (Å²) in [4.78, 5) is 18.5. The summed E-state index contributed by atoms with van der Waals surface area (Å²) in [6.07, 6.45) is 11.4. The predicted octanol–water partition coefficient (Wildman–Crippen LogP) is 1.42. The van der Waals surface area contributed by atoms with E-state index >= 15 is 0 Å². The molecule has 4 nitrogen and oxygen atoms in total. The molecule has 0 spiro atoms. The van der Waals surface area contributed by atoms with E-state index < -0.39 is 0 Å². The van der Waals surface area contributed by atoms with Gasteiger partial charge in [0, 0.05) is 31.3 Å². The molecule has 2 N–H and O–H groups in total. The Kier molecular flexibility index (Phi) is 3.75. The molecule has 86 valence electrons. The minimum absolute atomic E-state index is 0.149. The Bertz CT molecular complexity index is 356. The number of imidazole rings is 1. The van der Waals surface area contributed by atoms with Gasteiger partial charge in [-0.05, 0) is 18.8 Å². The van der Waals surface area contributed by atoms with E-state index in [1.54, 1.807) is 12.5 Å². The van der Waals surface area contributed by atoms with Crippen molar-refractivity contribution in [2.24, 2.45) is 5.92 Å². The molecule has 1 aromatic heterocycles. The highest BCUT2D eigenvalue weighted by Gasteiger charge is 2.13. The van der Waals surface area contributed by atoms with Crippen molar-refractivity contribution in [2.75, 3.05) is 6.54 Å². The average Bonchev–Trinajstić information content (AvgIpc) is 2.90. The van der Waals surface area contributed by atoms with Gasteiger partial charge in [-0.1, -0.05) is 12.2 Å². The molecule has 0 bridgehead atoms. The van der Waals surface area contributed by atoms with Crippen molar-refractivity contribution in [3.63, 3.8) is 0 Å². The quantitative estimate of drug-likeness (QED) is 0.736. The number of hydrogen-bond donors (Lipinski definition) is 2. The van der Waals surface area contributed by atoms with Gasteiger partial charge in [0.15, 0.2) is 0 Å². The van der Waals surface area contributed by atoms with Crippen LogP contribution in [0.5, 0.6) is 0 Å². The number of hydrogen-bond acceptors (Lipinski definition) is 2. The van der Waals surface area contributed by atoms with Crippen LogP contribution in [0.25, 0.3) is 0 Å². The molecule has 16 heavy (non-hydrogen) atoms. The topological polar surface area (TPSA) is 57.8 Å². The van der Waals surface area contributed by atoms with Gasteiger partial charge < -0.3 is 10.3 Å². The zero-order valence-electron chi connectivity index (χ0n) is 9.28. The van der Waals surface area contributed by atoms with Crippen LogP contribution in [0.2, 0.25) is 0 Å². The third-order valence-electron chi connectivity index (χ3n) is 2.83. The summed E-state index contributed by atoms with van der Waals surface area (Å²) in [6, 6.07) is 0. The minimum atomic E-state index is 0.149. The summed E-state index contributed by atoms with van der Waals surface area (Å²) in [5.74, 6) is 0.600.